The quantitative estimate of drug-likeness (QED) is 0.641. The van der Waals surface area contributed by atoms with Gasteiger partial charge in [-0.05, 0) is 48.2 Å². The molecule has 0 saturated heterocycles. The van der Waals surface area contributed by atoms with Crippen molar-refractivity contribution >= 4 is 22.8 Å². The van der Waals surface area contributed by atoms with Crippen molar-refractivity contribution in [3.63, 3.8) is 0 Å². The summed E-state index contributed by atoms with van der Waals surface area (Å²) < 4.78 is 34.2. The summed E-state index contributed by atoms with van der Waals surface area (Å²) in [5.41, 5.74) is 0.538. The van der Waals surface area contributed by atoms with Crippen LogP contribution in [0.2, 0.25) is 0 Å². The minimum Gasteiger partial charge on any atom is -0.494 e. The number of nitrogens with zero attached hydrogens (tertiary/aromatic N) is 1. The second-order valence-corrected chi connectivity index (χ2v) is 8.29. The van der Waals surface area contributed by atoms with E-state index in [0.717, 1.165) is 18.2 Å². The number of fused-ring (bicyclic) bond motifs is 1. The number of aliphatic carboxylic acids is 1. The summed E-state index contributed by atoms with van der Waals surface area (Å²) in [6.45, 7) is 6.99. The summed E-state index contributed by atoms with van der Waals surface area (Å²) in [6, 6.07) is 7.57. The summed E-state index contributed by atoms with van der Waals surface area (Å²) in [7, 11) is 1.32. The standard InChI is InChI=1S/C23H23F2NO4/c1-12-19(20(22(28)29)23(2,3)4)15-10-18(30-5)16(25)11-17(15)26(12)21(27)13-6-8-14(24)9-7-13/h6-11,20H,1-5H3,(H,28,29). The molecule has 0 saturated carbocycles. The van der Waals surface area contributed by atoms with Crippen LogP contribution < -0.4 is 4.74 Å². The van der Waals surface area contributed by atoms with Gasteiger partial charge in [-0.25, -0.2) is 8.78 Å². The van der Waals surface area contributed by atoms with E-state index in [1.807, 2.05) is 0 Å². The van der Waals surface area contributed by atoms with E-state index in [1.165, 1.54) is 29.9 Å². The first-order chi connectivity index (χ1) is 14.0. The normalized spacial score (nSPS) is 12.8. The van der Waals surface area contributed by atoms with Crippen molar-refractivity contribution in [1.29, 1.82) is 0 Å². The molecule has 1 atom stereocenters. The van der Waals surface area contributed by atoms with E-state index < -0.39 is 34.8 Å². The summed E-state index contributed by atoms with van der Waals surface area (Å²) in [5, 5.41) is 10.4. The Morgan fingerprint density at radius 1 is 1.10 bits per heavy atom. The van der Waals surface area contributed by atoms with Gasteiger partial charge < -0.3 is 9.84 Å². The fourth-order valence-corrected chi connectivity index (χ4v) is 3.87. The van der Waals surface area contributed by atoms with Crippen LogP contribution in [-0.4, -0.2) is 28.7 Å². The largest absolute Gasteiger partial charge is 0.494 e. The number of carbonyl (C=O) groups is 2. The van der Waals surface area contributed by atoms with Crippen molar-refractivity contribution in [3.8, 4) is 5.75 Å². The number of aromatic nitrogens is 1. The van der Waals surface area contributed by atoms with Crippen LogP contribution in [0.3, 0.4) is 0 Å². The molecule has 1 heterocycles. The molecule has 0 aliphatic carbocycles. The highest BCUT2D eigenvalue weighted by atomic mass is 19.1. The molecular weight excluding hydrogens is 392 g/mol. The lowest BCUT2D eigenvalue weighted by atomic mass is 9.75. The predicted molar refractivity (Wildman–Crippen MR) is 109 cm³/mol. The van der Waals surface area contributed by atoms with E-state index in [9.17, 15) is 23.5 Å². The van der Waals surface area contributed by atoms with Crippen molar-refractivity contribution in [1.82, 2.24) is 4.57 Å². The third-order valence-electron chi connectivity index (χ3n) is 5.22. The van der Waals surface area contributed by atoms with Gasteiger partial charge in [-0.2, -0.15) is 0 Å². The third-order valence-corrected chi connectivity index (χ3v) is 5.22. The lowest BCUT2D eigenvalue weighted by Gasteiger charge is -2.28. The molecule has 0 bridgehead atoms. The van der Waals surface area contributed by atoms with Crippen molar-refractivity contribution < 1.29 is 28.2 Å². The molecule has 3 rings (SSSR count). The molecule has 0 aliphatic heterocycles. The lowest BCUT2D eigenvalue weighted by molar-refractivity contribution is -0.141. The monoisotopic (exact) mass is 415 g/mol. The van der Waals surface area contributed by atoms with Crippen LogP contribution >= 0.6 is 0 Å². The smallest absolute Gasteiger partial charge is 0.311 e. The maximum Gasteiger partial charge on any atom is 0.311 e. The van der Waals surface area contributed by atoms with Gasteiger partial charge in [0.15, 0.2) is 11.6 Å². The topological polar surface area (TPSA) is 68.5 Å². The molecule has 0 fully saturated rings. The highest BCUT2D eigenvalue weighted by Gasteiger charge is 2.38. The summed E-state index contributed by atoms with van der Waals surface area (Å²) in [6.07, 6.45) is 0. The Balaban J connectivity index is 2.40. The first kappa shape index (κ1) is 21.5. The average molecular weight is 415 g/mol. The molecule has 0 amide bonds. The van der Waals surface area contributed by atoms with E-state index in [-0.39, 0.29) is 16.8 Å². The van der Waals surface area contributed by atoms with Crippen LogP contribution in [0.15, 0.2) is 36.4 Å². The van der Waals surface area contributed by atoms with Crippen molar-refractivity contribution in [2.75, 3.05) is 7.11 Å². The van der Waals surface area contributed by atoms with E-state index in [4.69, 9.17) is 4.74 Å². The number of ether oxygens (including phenoxy) is 1. The van der Waals surface area contributed by atoms with Crippen LogP contribution in [0.1, 0.15) is 48.3 Å². The second-order valence-electron chi connectivity index (χ2n) is 8.29. The molecular formula is C23H23F2NO4. The highest BCUT2D eigenvalue weighted by Crippen LogP contribution is 2.43. The van der Waals surface area contributed by atoms with E-state index in [1.54, 1.807) is 27.7 Å². The minimum absolute atomic E-state index is 0.0480. The van der Waals surface area contributed by atoms with Gasteiger partial charge in [0.25, 0.3) is 5.91 Å². The molecule has 0 aliphatic rings. The number of carboxylic acid groups (broad SMARTS) is 1. The molecule has 1 aromatic heterocycles. The summed E-state index contributed by atoms with van der Waals surface area (Å²) >= 11 is 0. The Morgan fingerprint density at radius 3 is 2.20 bits per heavy atom. The minimum atomic E-state index is -1.05. The summed E-state index contributed by atoms with van der Waals surface area (Å²) in [5.74, 6) is -3.74. The van der Waals surface area contributed by atoms with Crippen LogP contribution in [0.25, 0.3) is 10.9 Å². The molecule has 7 heteroatoms. The Bertz CT molecular complexity index is 1140. The SMILES string of the molecule is COc1cc2c(C(C(=O)O)C(C)(C)C)c(C)n(C(=O)c3ccc(F)cc3)c2cc1F. The van der Waals surface area contributed by atoms with E-state index >= 15 is 0 Å². The van der Waals surface area contributed by atoms with Gasteiger partial charge in [-0.3, -0.25) is 14.2 Å². The Labute approximate surface area is 172 Å². The zero-order valence-electron chi connectivity index (χ0n) is 17.4. The first-order valence-electron chi connectivity index (χ1n) is 9.39. The van der Waals surface area contributed by atoms with Gasteiger partial charge in [0.1, 0.15) is 5.82 Å². The third kappa shape index (κ3) is 3.56. The summed E-state index contributed by atoms with van der Waals surface area (Å²) in [4.78, 5) is 25.5. The fraction of sp³-hybridized carbons (Fsp3) is 0.304. The molecule has 30 heavy (non-hydrogen) atoms. The van der Waals surface area contributed by atoms with Crippen LogP contribution in [-0.2, 0) is 4.79 Å². The van der Waals surface area contributed by atoms with Gasteiger partial charge in [-0.1, -0.05) is 20.8 Å². The number of carboxylic acids is 1. The number of hydrogen-bond acceptors (Lipinski definition) is 3. The van der Waals surface area contributed by atoms with Crippen LogP contribution in [0.5, 0.6) is 5.75 Å². The maximum atomic E-state index is 14.5. The average Bonchev–Trinajstić information content (AvgIpc) is 2.91. The van der Waals surface area contributed by atoms with Crippen molar-refractivity contribution in [2.24, 2.45) is 5.41 Å². The molecule has 0 spiro atoms. The van der Waals surface area contributed by atoms with Crippen LogP contribution in [0, 0.1) is 24.0 Å². The molecule has 3 aromatic rings. The van der Waals surface area contributed by atoms with Gasteiger partial charge >= 0.3 is 5.97 Å². The first-order valence-corrected chi connectivity index (χ1v) is 9.39. The molecule has 158 valence electrons. The molecule has 1 unspecified atom stereocenters. The second kappa shape index (κ2) is 7.55. The Morgan fingerprint density at radius 2 is 1.70 bits per heavy atom. The van der Waals surface area contributed by atoms with Gasteiger partial charge in [0.2, 0.25) is 0 Å². The maximum absolute atomic E-state index is 14.5. The number of rotatable bonds is 4. The number of halogens is 2. The zero-order chi connectivity index (χ0) is 22.4. The molecule has 0 radical (unpaired) electrons. The number of carbonyl (C=O) groups excluding carboxylic acids is 1. The van der Waals surface area contributed by atoms with Crippen molar-refractivity contribution in [3.05, 3.63) is 64.9 Å². The highest BCUT2D eigenvalue weighted by molar-refractivity contribution is 6.05. The number of methoxy groups -OCH3 is 1. The number of hydrogen-bond donors (Lipinski definition) is 1. The van der Waals surface area contributed by atoms with E-state index in [2.05, 4.69) is 0 Å². The molecule has 1 N–H and O–H groups in total. The van der Waals surface area contributed by atoms with Gasteiger partial charge in [-0.15, -0.1) is 0 Å². The zero-order valence-corrected chi connectivity index (χ0v) is 17.4. The van der Waals surface area contributed by atoms with E-state index in [0.29, 0.717) is 16.6 Å². The van der Waals surface area contributed by atoms with Gasteiger partial charge in [0.05, 0.1) is 18.5 Å². The Hall–Kier alpha value is -3.22. The lowest BCUT2D eigenvalue weighted by Crippen LogP contribution is -2.27. The molecule has 5 nitrogen and oxygen atoms in total. The van der Waals surface area contributed by atoms with Crippen LogP contribution in [0.4, 0.5) is 8.78 Å². The van der Waals surface area contributed by atoms with Crippen molar-refractivity contribution in [2.45, 2.75) is 33.6 Å². The molecule has 2 aromatic carbocycles. The predicted octanol–water partition coefficient (Wildman–Crippen LogP) is 5.14. The van der Waals surface area contributed by atoms with Gasteiger partial charge in [0, 0.05) is 22.7 Å². The number of benzene rings is 2. The fourth-order valence-electron chi connectivity index (χ4n) is 3.87. The Kier molecular flexibility index (Phi) is 5.41.